The van der Waals surface area contributed by atoms with Crippen LogP contribution in [0.1, 0.15) is 18.1 Å². The van der Waals surface area contributed by atoms with Crippen LogP contribution in [0.4, 0.5) is 0 Å². The lowest BCUT2D eigenvalue weighted by Crippen LogP contribution is -2.57. The largest absolute Gasteiger partial charge is 0.508 e. The first-order chi connectivity index (χ1) is 20.2. The van der Waals surface area contributed by atoms with Crippen molar-refractivity contribution in [2.24, 2.45) is 0 Å². The molecule has 2 aromatic rings. The fraction of sp³-hybridized carbons (Fsp3) is 0.467. The number of benzene rings is 2. The summed E-state index contributed by atoms with van der Waals surface area (Å²) >= 11 is 0. The molecule has 226 valence electrons. The molecule has 2 heterocycles. The van der Waals surface area contributed by atoms with Gasteiger partial charge < -0.3 is 35.3 Å². The van der Waals surface area contributed by atoms with Crippen molar-refractivity contribution >= 4 is 23.5 Å². The zero-order valence-corrected chi connectivity index (χ0v) is 23.8. The predicted molar refractivity (Wildman–Crippen MR) is 152 cm³/mol. The molecule has 4 N–H and O–H groups in total. The van der Waals surface area contributed by atoms with E-state index in [9.17, 15) is 24.3 Å². The van der Waals surface area contributed by atoms with E-state index in [4.69, 9.17) is 14.2 Å². The third-order valence-electron chi connectivity index (χ3n) is 7.16. The Morgan fingerprint density at radius 1 is 0.976 bits per heavy atom. The Kier molecular flexibility index (Phi) is 10.9. The number of phenols is 1. The average molecular weight is 583 g/mol. The first-order valence-corrected chi connectivity index (χ1v) is 14.0. The van der Waals surface area contributed by atoms with Crippen LogP contribution in [0, 0.1) is 0 Å². The van der Waals surface area contributed by atoms with E-state index in [1.165, 1.54) is 26.2 Å². The number of epoxide rings is 1. The van der Waals surface area contributed by atoms with Gasteiger partial charge in [0.2, 0.25) is 17.7 Å². The quantitative estimate of drug-likeness (QED) is 0.224. The molecule has 4 rings (SSSR count). The summed E-state index contributed by atoms with van der Waals surface area (Å²) in [4.78, 5) is 54.5. The number of amides is 3. The molecule has 2 saturated heterocycles. The molecule has 4 atom stereocenters. The maximum Gasteiger partial charge on any atom is 0.243 e. The summed E-state index contributed by atoms with van der Waals surface area (Å²) in [5.74, 6) is -1.41. The molecule has 2 aliphatic rings. The fourth-order valence-electron chi connectivity index (χ4n) is 4.72. The molecule has 0 unspecified atom stereocenters. The Labute approximate surface area is 244 Å². The highest BCUT2D eigenvalue weighted by Crippen LogP contribution is 2.25. The summed E-state index contributed by atoms with van der Waals surface area (Å²) in [6, 6.07) is 10.8. The highest BCUT2D eigenvalue weighted by Gasteiger charge is 2.38. The molecule has 3 amide bonds. The summed E-state index contributed by atoms with van der Waals surface area (Å²) < 4.78 is 15.9. The Balaban J connectivity index is 1.48. The van der Waals surface area contributed by atoms with E-state index in [2.05, 4.69) is 16.0 Å². The second-order valence-corrected chi connectivity index (χ2v) is 10.4. The third-order valence-corrected chi connectivity index (χ3v) is 7.16. The number of carbonyl (C=O) groups excluding carboxylic acids is 4. The van der Waals surface area contributed by atoms with Gasteiger partial charge in [-0.3, -0.25) is 24.1 Å². The van der Waals surface area contributed by atoms with Gasteiger partial charge in [0, 0.05) is 25.6 Å². The van der Waals surface area contributed by atoms with Gasteiger partial charge in [-0.2, -0.15) is 0 Å². The average Bonchev–Trinajstić information content (AvgIpc) is 3.83. The standard InChI is InChI=1S/C30H38N4O8/c1-19(31-27(36)17-34-10-12-41-13-11-34)29(38)33-24(15-21-8-9-22(35)16-25(21)40-2)30(39)32-23(28(37)26-18-42-26)14-20-6-4-3-5-7-20/h3-9,16,19,23-24,26,35H,10-15,17-18H2,1-2H3,(H,31,36)(H,32,39)(H,33,38)/t19-,23-,24-,26+/m0/s1. The zero-order chi connectivity index (χ0) is 30.1. The molecule has 2 aliphatic heterocycles. The van der Waals surface area contributed by atoms with Crippen molar-refractivity contribution in [3.05, 3.63) is 59.7 Å². The first-order valence-electron chi connectivity index (χ1n) is 14.0. The van der Waals surface area contributed by atoms with Crippen molar-refractivity contribution in [3.8, 4) is 11.5 Å². The lowest BCUT2D eigenvalue weighted by molar-refractivity contribution is -0.133. The second-order valence-electron chi connectivity index (χ2n) is 10.4. The molecule has 12 heteroatoms. The number of hydrogen-bond donors (Lipinski definition) is 4. The van der Waals surface area contributed by atoms with Gasteiger partial charge in [0.25, 0.3) is 0 Å². The van der Waals surface area contributed by atoms with E-state index in [0.717, 1.165) is 5.56 Å². The normalized spacial score (nSPS) is 18.7. The second kappa shape index (κ2) is 14.8. The maximum absolute atomic E-state index is 13.7. The molecular formula is C30H38N4O8. The minimum absolute atomic E-state index is 0.00163. The topological polar surface area (TPSA) is 159 Å². The Morgan fingerprint density at radius 2 is 1.67 bits per heavy atom. The molecule has 2 aromatic carbocycles. The molecule has 0 bridgehead atoms. The lowest BCUT2D eigenvalue weighted by atomic mass is 9.98. The van der Waals surface area contributed by atoms with Crippen LogP contribution in [0.2, 0.25) is 0 Å². The Hall–Kier alpha value is -4.00. The van der Waals surface area contributed by atoms with Gasteiger partial charge in [0.15, 0.2) is 5.78 Å². The summed E-state index contributed by atoms with van der Waals surface area (Å²) in [5.41, 5.74) is 1.41. The van der Waals surface area contributed by atoms with Crippen LogP contribution in [0.25, 0.3) is 0 Å². The summed E-state index contributed by atoms with van der Waals surface area (Å²) in [7, 11) is 1.43. The number of nitrogens with one attached hydrogen (secondary N) is 3. The number of Topliss-reactive ketones (excluding diaryl/α,β-unsaturated/α-hetero) is 1. The van der Waals surface area contributed by atoms with Crippen LogP contribution in [0.15, 0.2) is 48.5 Å². The molecule has 2 fully saturated rings. The van der Waals surface area contributed by atoms with E-state index < -0.39 is 36.0 Å². The summed E-state index contributed by atoms with van der Waals surface area (Å²) in [6.45, 7) is 4.30. The molecule has 12 nitrogen and oxygen atoms in total. The molecule has 0 aliphatic carbocycles. The highest BCUT2D eigenvalue weighted by atomic mass is 16.6. The van der Waals surface area contributed by atoms with Crippen LogP contribution < -0.4 is 20.7 Å². The van der Waals surface area contributed by atoms with Crippen molar-refractivity contribution < 1.29 is 38.5 Å². The number of morpholine rings is 1. The van der Waals surface area contributed by atoms with Gasteiger partial charge in [-0.25, -0.2) is 0 Å². The zero-order valence-electron chi connectivity index (χ0n) is 23.8. The van der Waals surface area contributed by atoms with Gasteiger partial charge in [0.05, 0.1) is 39.5 Å². The minimum Gasteiger partial charge on any atom is -0.508 e. The number of phenolic OH excluding ortho intramolecular Hbond substituents is 1. The fourth-order valence-corrected chi connectivity index (χ4v) is 4.72. The van der Waals surface area contributed by atoms with Crippen molar-refractivity contribution in [1.29, 1.82) is 0 Å². The molecule has 0 saturated carbocycles. The predicted octanol–water partition coefficient (Wildman–Crippen LogP) is -0.0396. The maximum atomic E-state index is 13.7. The smallest absolute Gasteiger partial charge is 0.243 e. The van der Waals surface area contributed by atoms with E-state index in [1.54, 1.807) is 6.07 Å². The molecule has 0 spiro atoms. The molecule has 0 aromatic heterocycles. The number of carbonyl (C=O) groups is 4. The first kappa shape index (κ1) is 30.9. The lowest BCUT2D eigenvalue weighted by Gasteiger charge is -2.27. The van der Waals surface area contributed by atoms with Crippen LogP contribution >= 0.6 is 0 Å². The van der Waals surface area contributed by atoms with Crippen LogP contribution in [-0.2, 0) is 41.5 Å². The molecule has 42 heavy (non-hydrogen) atoms. The van der Waals surface area contributed by atoms with Crippen molar-refractivity contribution in [3.63, 3.8) is 0 Å². The number of ether oxygens (including phenoxy) is 3. The van der Waals surface area contributed by atoms with Crippen LogP contribution in [0.3, 0.4) is 0 Å². The van der Waals surface area contributed by atoms with Crippen LogP contribution in [-0.4, -0.2) is 104 Å². The minimum atomic E-state index is -1.12. The van der Waals surface area contributed by atoms with Crippen LogP contribution in [0.5, 0.6) is 11.5 Å². The van der Waals surface area contributed by atoms with E-state index in [0.29, 0.717) is 44.2 Å². The number of rotatable bonds is 14. The van der Waals surface area contributed by atoms with Crippen molar-refractivity contribution in [1.82, 2.24) is 20.9 Å². The van der Waals surface area contributed by atoms with E-state index in [1.807, 2.05) is 35.2 Å². The van der Waals surface area contributed by atoms with Gasteiger partial charge in [-0.05, 0) is 30.5 Å². The number of aromatic hydroxyl groups is 1. The number of hydrogen-bond acceptors (Lipinski definition) is 9. The van der Waals surface area contributed by atoms with Gasteiger partial charge in [0.1, 0.15) is 29.7 Å². The van der Waals surface area contributed by atoms with Gasteiger partial charge in [-0.1, -0.05) is 36.4 Å². The van der Waals surface area contributed by atoms with Gasteiger partial charge in [-0.15, -0.1) is 0 Å². The number of ketones is 1. The number of methoxy groups -OCH3 is 1. The Bertz CT molecular complexity index is 1250. The monoisotopic (exact) mass is 582 g/mol. The van der Waals surface area contributed by atoms with Gasteiger partial charge >= 0.3 is 0 Å². The third kappa shape index (κ3) is 9.00. The van der Waals surface area contributed by atoms with E-state index in [-0.39, 0.29) is 36.8 Å². The van der Waals surface area contributed by atoms with E-state index >= 15 is 0 Å². The highest BCUT2D eigenvalue weighted by molar-refractivity contribution is 5.96. The SMILES string of the molecule is COc1cc(O)ccc1C[C@H](NC(=O)[C@H](C)NC(=O)CN1CCOCC1)C(=O)N[C@@H](Cc1ccccc1)C(=O)[C@H]1CO1. The Morgan fingerprint density at radius 3 is 2.33 bits per heavy atom. The molecule has 0 radical (unpaired) electrons. The number of nitrogens with zero attached hydrogens (tertiary/aromatic N) is 1. The summed E-state index contributed by atoms with van der Waals surface area (Å²) in [5, 5.41) is 18.1. The van der Waals surface area contributed by atoms with Crippen molar-refractivity contribution in [2.75, 3.05) is 46.6 Å². The molecular weight excluding hydrogens is 544 g/mol. The summed E-state index contributed by atoms with van der Waals surface area (Å²) in [6.07, 6.45) is -0.324. The van der Waals surface area contributed by atoms with Crippen molar-refractivity contribution in [2.45, 2.75) is 44.0 Å².